The van der Waals surface area contributed by atoms with E-state index in [9.17, 15) is 13.2 Å². The van der Waals surface area contributed by atoms with Gasteiger partial charge in [-0.1, -0.05) is 11.2 Å². The Morgan fingerprint density at radius 2 is 1.87 bits per heavy atom. The van der Waals surface area contributed by atoms with E-state index in [0.29, 0.717) is 22.8 Å². The molecule has 9 heteroatoms. The number of nitrogens with zero attached hydrogens (tertiary/aromatic N) is 2. The Balaban J connectivity index is 1.84. The van der Waals surface area contributed by atoms with Gasteiger partial charge in [0.05, 0.1) is 5.69 Å². The molecular weight excluding hydrogens is 422 g/mol. The molecule has 0 saturated heterocycles. The standard InChI is InChI=1S/C21H23N3O4S2/c1-13-6-7-17(12-14(13)2)24(5)30(26,27)20-11-9-18(29-20)8-10-19-21(22-16(4)25)15(3)23-28-19/h6-12H,1-5H3,(H,22,25). The van der Waals surface area contributed by atoms with Crippen molar-refractivity contribution in [2.75, 3.05) is 16.7 Å². The second-order valence-corrected chi connectivity index (χ2v) is 10.2. The second kappa shape index (κ2) is 8.45. The zero-order valence-electron chi connectivity index (χ0n) is 17.4. The summed E-state index contributed by atoms with van der Waals surface area (Å²) in [5, 5.41) is 6.54. The van der Waals surface area contributed by atoms with E-state index in [0.717, 1.165) is 27.3 Å². The molecule has 0 saturated carbocycles. The molecule has 0 unspecified atom stereocenters. The van der Waals surface area contributed by atoms with Crippen molar-refractivity contribution in [2.24, 2.45) is 0 Å². The van der Waals surface area contributed by atoms with E-state index in [4.69, 9.17) is 4.52 Å². The summed E-state index contributed by atoms with van der Waals surface area (Å²) >= 11 is 1.15. The highest BCUT2D eigenvalue weighted by molar-refractivity contribution is 7.94. The predicted octanol–water partition coefficient (Wildman–Crippen LogP) is 4.62. The third kappa shape index (κ3) is 4.47. The first-order valence-corrected chi connectivity index (χ1v) is 11.4. The lowest BCUT2D eigenvalue weighted by Gasteiger charge is -2.19. The maximum atomic E-state index is 13.0. The van der Waals surface area contributed by atoms with Crippen molar-refractivity contribution < 1.29 is 17.7 Å². The number of thiophene rings is 1. The molecule has 7 nitrogen and oxygen atoms in total. The molecule has 0 bridgehead atoms. The van der Waals surface area contributed by atoms with Crippen LogP contribution in [0, 0.1) is 20.8 Å². The number of amides is 1. The molecule has 0 atom stereocenters. The van der Waals surface area contributed by atoms with Gasteiger partial charge in [0.15, 0.2) is 5.76 Å². The molecule has 0 spiro atoms. The summed E-state index contributed by atoms with van der Waals surface area (Å²) in [5.74, 6) is 0.169. The molecule has 0 radical (unpaired) electrons. The topological polar surface area (TPSA) is 92.5 Å². The molecule has 1 N–H and O–H groups in total. The third-order valence-electron chi connectivity index (χ3n) is 4.66. The van der Waals surface area contributed by atoms with Gasteiger partial charge in [0, 0.05) is 18.8 Å². The van der Waals surface area contributed by atoms with Crippen molar-refractivity contribution in [3.63, 3.8) is 0 Å². The number of aryl methyl sites for hydroxylation is 3. The molecule has 0 aliphatic rings. The minimum Gasteiger partial charge on any atom is -0.354 e. The predicted molar refractivity (Wildman–Crippen MR) is 120 cm³/mol. The zero-order valence-corrected chi connectivity index (χ0v) is 19.0. The van der Waals surface area contributed by atoms with E-state index in [2.05, 4.69) is 10.5 Å². The van der Waals surface area contributed by atoms with Crippen LogP contribution in [0.3, 0.4) is 0 Å². The Morgan fingerprint density at radius 1 is 1.13 bits per heavy atom. The fourth-order valence-electron chi connectivity index (χ4n) is 2.74. The average molecular weight is 446 g/mol. The van der Waals surface area contributed by atoms with Crippen LogP contribution in [-0.2, 0) is 14.8 Å². The summed E-state index contributed by atoms with van der Waals surface area (Å²) in [6.07, 6.45) is 3.38. The molecule has 3 rings (SSSR count). The number of hydrogen-bond acceptors (Lipinski definition) is 6. The zero-order chi connectivity index (χ0) is 22.1. The SMILES string of the molecule is CC(=O)Nc1c(C)noc1C=Cc1ccc(S(=O)(=O)N(C)c2ccc(C)c(C)c2)s1. The van der Waals surface area contributed by atoms with Crippen LogP contribution >= 0.6 is 11.3 Å². The monoisotopic (exact) mass is 445 g/mol. The number of hydrogen-bond donors (Lipinski definition) is 1. The van der Waals surface area contributed by atoms with Crippen LogP contribution in [0.5, 0.6) is 0 Å². The van der Waals surface area contributed by atoms with E-state index in [-0.39, 0.29) is 10.1 Å². The fourth-order valence-corrected chi connectivity index (χ4v) is 5.33. The highest BCUT2D eigenvalue weighted by Gasteiger charge is 2.23. The summed E-state index contributed by atoms with van der Waals surface area (Å²) < 4.78 is 32.8. The molecule has 158 valence electrons. The Labute approximate surface area is 180 Å². The van der Waals surface area contributed by atoms with Crippen molar-refractivity contribution in [1.82, 2.24) is 5.16 Å². The first-order chi connectivity index (χ1) is 14.1. The van der Waals surface area contributed by atoms with Gasteiger partial charge < -0.3 is 9.84 Å². The fraction of sp³-hybridized carbons (Fsp3) is 0.238. The van der Waals surface area contributed by atoms with Gasteiger partial charge >= 0.3 is 0 Å². The molecule has 0 fully saturated rings. The van der Waals surface area contributed by atoms with E-state index in [1.165, 1.54) is 11.2 Å². The van der Waals surface area contributed by atoms with E-state index in [1.807, 2.05) is 26.0 Å². The molecule has 2 aromatic heterocycles. The number of carbonyl (C=O) groups excluding carboxylic acids is 1. The number of sulfonamides is 1. The number of aromatic nitrogens is 1. The van der Waals surface area contributed by atoms with Gasteiger partial charge in [-0.15, -0.1) is 11.3 Å². The van der Waals surface area contributed by atoms with Crippen LogP contribution in [-0.4, -0.2) is 26.5 Å². The van der Waals surface area contributed by atoms with E-state index in [1.54, 1.807) is 44.3 Å². The maximum Gasteiger partial charge on any atom is 0.273 e. The lowest BCUT2D eigenvalue weighted by molar-refractivity contribution is -0.114. The van der Waals surface area contributed by atoms with Crippen molar-refractivity contribution in [1.29, 1.82) is 0 Å². The highest BCUT2D eigenvalue weighted by atomic mass is 32.2. The lowest BCUT2D eigenvalue weighted by Crippen LogP contribution is -2.25. The van der Waals surface area contributed by atoms with Crippen LogP contribution in [0.15, 0.2) is 39.1 Å². The van der Waals surface area contributed by atoms with E-state index < -0.39 is 10.0 Å². The van der Waals surface area contributed by atoms with Crippen molar-refractivity contribution in [3.8, 4) is 0 Å². The van der Waals surface area contributed by atoms with Gasteiger partial charge in [-0.3, -0.25) is 9.10 Å². The lowest BCUT2D eigenvalue weighted by atomic mass is 10.1. The van der Waals surface area contributed by atoms with Crippen molar-refractivity contribution >= 4 is 50.8 Å². The van der Waals surface area contributed by atoms with Crippen molar-refractivity contribution in [3.05, 3.63) is 57.8 Å². The molecule has 2 heterocycles. The number of anilines is 2. The van der Waals surface area contributed by atoms with E-state index >= 15 is 0 Å². The molecule has 30 heavy (non-hydrogen) atoms. The highest BCUT2D eigenvalue weighted by Crippen LogP contribution is 2.30. The second-order valence-electron chi connectivity index (χ2n) is 6.92. The van der Waals surface area contributed by atoms with Gasteiger partial charge in [0.1, 0.15) is 15.6 Å². The Morgan fingerprint density at radius 3 is 2.53 bits per heavy atom. The van der Waals surface area contributed by atoms with Gasteiger partial charge in [-0.25, -0.2) is 8.42 Å². The first kappa shape index (κ1) is 21.8. The maximum absolute atomic E-state index is 13.0. The average Bonchev–Trinajstić information content (AvgIpc) is 3.29. The molecule has 1 amide bonds. The minimum absolute atomic E-state index is 0.227. The van der Waals surface area contributed by atoms with Crippen LogP contribution in [0.1, 0.15) is 34.4 Å². The normalized spacial score (nSPS) is 11.8. The Bertz CT molecular complexity index is 1220. The summed E-state index contributed by atoms with van der Waals surface area (Å²) in [4.78, 5) is 12.1. The number of rotatable bonds is 6. The number of nitrogens with one attached hydrogen (secondary N) is 1. The first-order valence-electron chi connectivity index (χ1n) is 9.17. The third-order valence-corrected chi connectivity index (χ3v) is 7.96. The summed E-state index contributed by atoms with van der Waals surface area (Å²) in [5.41, 5.74) is 3.81. The smallest absolute Gasteiger partial charge is 0.273 e. The van der Waals surface area contributed by atoms with Crippen LogP contribution < -0.4 is 9.62 Å². The minimum atomic E-state index is -3.68. The van der Waals surface area contributed by atoms with Crippen LogP contribution in [0.4, 0.5) is 11.4 Å². The Hall–Kier alpha value is -2.91. The number of carbonyl (C=O) groups is 1. The largest absolute Gasteiger partial charge is 0.354 e. The molecule has 0 aliphatic heterocycles. The van der Waals surface area contributed by atoms with Crippen molar-refractivity contribution in [2.45, 2.75) is 31.9 Å². The molecule has 3 aromatic rings. The molecular formula is C21H23N3O4S2. The van der Waals surface area contributed by atoms with Gasteiger partial charge in [-0.2, -0.15) is 0 Å². The summed E-state index contributed by atoms with van der Waals surface area (Å²) in [6.45, 7) is 7.07. The molecule has 0 aliphatic carbocycles. The summed E-state index contributed by atoms with van der Waals surface area (Å²) in [6, 6.07) is 8.87. The summed E-state index contributed by atoms with van der Waals surface area (Å²) in [7, 11) is -2.13. The van der Waals surface area contributed by atoms with Gasteiger partial charge in [0.25, 0.3) is 10.0 Å². The van der Waals surface area contributed by atoms with Gasteiger partial charge in [-0.05, 0) is 68.3 Å². The number of benzene rings is 1. The van der Waals surface area contributed by atoms with Crippen LogP contribution in [0.2, 0.25) is 0 Å². The molecule has 1 aromatic carbocycles. The Kier molecular flexibility index (Phi) is 6.14. The quantitative estimate of drug-likeness (QED) is 0.598. The van der Waals surface area contributed by atoms with Crippen LogP contribution in [0.25, 0.3) is 12.2 Å². The van der Waals surface area contributed by atoms with Gasteiger partial charge in [0.2, 0.25) is 5.91 Å².